The van der Waals surface area contributed by atoms with Gasteiger partial charge >= 0.3 is 5.97 Å². The van der Waals surface area contributed by atoms with Gasteiger partial charge in [0.2, 0.25) is 0 Å². The quantitative estimate of drug-likeness (QED) is 0.187. The Hall–Kier alpha value is -0.990. The third kappa shape index (κ3) is 7.26. The number of ether oxygens (including phenoxy) is 2. The number of halogens is 2. The molecule has 2 fully saturated rings. The Morgan fingerprint density at radius 3 is 2.53 bits per heavy atom. The zero-order valence-corrected chi connectivity index (χ0v) is 20.1. The van der Waals surface area contributed by atoms with Crippen molar-refractivity contribution < 1.29 is 34.0 Å². The molecule has 1 aliphatic heterocycles. The number of rotatable bonds is 13. The zero-order chi connectivity index (χ0) is 23.9. The Labute approximate surface area is 195 Å². The smallest absolute Gasteiger partial charge is 0.368 e. The average molecular weight is 477 g/mol. The molecule has 1 saturated heterocycles. The average Bonchev–Trinajstić information content (AvgIpc) is 3.15. The summed E-state index contributed by atoms with van der Waals surface area (Å²) in [5, 5.41) is 26.8. The lowest BCUT2D eigenvalue weighted by Gasteiger charge is -2.25. The number of carbonyl (C=O) groups is 1. The van der Waals surface area contributed by atoms with Crippen LogP contribution in [0.5, 0.6) is 0 Å². The van der Waals surface area contributed by atoms with E-state index in [1.54, 1.807) is 0 Å². The molecule has 6 nitrogen and oxygen atoms in total. The van der Waals surface area contributed by atoms with E-state index >= 15 is 0 Å². The van der Waals surface area contributed by atoms with E-state index < -0.39 is 28.4 Å². The Morgan fingerprint density at radius 1 is 1.19 bits per heavy atom. The summed E-state index contributed by atoms with van der Waals surface area (Å²) in [6, 6.07) is 0. The van der Waals surface area contributed by atoms with Crippen molar-refractivity contribution >= 4 is 17.6 Å². The first-order valence-electron chi connectivity index (χ1n) is 11.7. The van der Waals surface area contributed by atoms with Crippen molar-refractivity contribution in [3.05, 3.63) is 23.0 Å². The van der Waals surface area contributed by atoms with Crippen LogP contribution in [0.3, 0.4) is 0 Å². The Morgan fingerprint density at radius 2 is 1.91 bits per heavy atom. The van der Waals surface area contributed by atoms with E-state index in [1.807, 2.05) is 13.8 Å². The fourth-order valence-electron chi connectivity index (χ4n) is 4.85. The Balaban J connectivity index is 1.93. The first kappa shape index (κ1) is 27.3. The normalized spacial score (nSPS) is 28.2. The minimum absolute atomic E-state index is 0.00665. The second-order valence-corrected chi connectivity index (χ2v) is 9.78. The molecule has 1 saturated carbocycles. The van der Waals surface area contributed by atoms with Gasteiger partial charge in [-0.1, -0.05) is 56.4 Å². The van der Waals surface area contributed by atoms with Gasteiger partial charge in [0.05, 0.1) is 12.2 Å². The predicted molar refractivity (Wildman–Crippen MR) is 121 cm³/mol. The molecule has 1 aliphatic carbocycles. The number of fused-ring (bicyclic) bond motifs is 1. The lowest BCUT2D eigenvalue weighted by molar-refractivity contribution is -0.191. The second-order valence-electron chi connectivity index (χ2n) is 9.45. The van der Waals surface area contributed by atoms with Crippen molar-refractivity contribution in [2.24, 2.45) is 11.8 Å². The molecule has 0 unspecified atom stereocenters. The zero-order valence-electron chi connectivity index (χ0n) is 19.4. The second kappa shape index (κ2) is 11.9. The van der Waals surface area contributed by atoms with E-state index in [-0.39, 0.29) is 24.5 Å². The molecule has 0 spiro atoms. The van der Waals surface area contributed by atoms with Crippen LogP contribution in [0.4, 0.5) is 4.39 Å². The van der Waals surface area contributed by atoms with E-state index in [1.165, 1.54) is 25.7 Å². The van der Waals surface area contributed by atoms with Crippen LogP contribution in [-0.4, -0.2) is 45.1 Å². The molecule has 184 valence electrons. The summed E-state index contributed by atoms with van der Waals surface area (Å²) in [5.74, 6) is -5.29. The number of aliphatic carboxylic acids is 1. The summed E-state index contributed by atoms with van der Waals surface area (Å²) in [6.07, 6.45) is 13.0. The van der Waals surface area contributed by atoms with Crippen LogP contribution in [0.1, 0.15) is 85.0 Å². The highest BCUT2D eigenvalue weighted by Crippen LogP contribution is 2.47. The summed E-state index contributed by atoms with van der Waals surface area (Å²) in [6.45, 7) is 6.05. The molecule has 32 heavy (non-hydrogen) atoms. The molecule has 8 heteroatoms. The van der Waals surface area contributed by atoms with Crippen molar-refractivity contribution in [1.82, 2.24) is 0 Å². The SMILES string of the molecule is CCCCCCC=C[C@@H]1[C@@H](CCCCC(=C(F)Cl)C(O)(O)C(=O)O)C[C@H]2OC(C)(C)O[C@@H]12. The van der Waals surface area contributed by atoms with Crippen molar-refractivity contribution in [2.75, 3.05) is 0 Å². The number of unbranched alkanes of at least 4 members (excludes halogenated alkanes) is 5. The molecule has 0 aromatic carbocycles. The largest absolute Gasteiger partial charge is 0.477 e. The lowest BCUT2D eigenvalue weighted by Crippen LogP contribution is -2.40. The molecule has 0 radical (unpaired) electrons. The van der Waals surface area contributed by atoms with Gasteiger partial charge in [-0.25, -0.2) is 4.79 Å². The van der Waals surface area contributed by atoms with Crippen molar-refractivity contribution in [1.29, 1.82) is 0 Å². The highest BCUT2D eigenvalue weighted by atomic mass is 35.5. The maximum Gasteiger partial charge on any atom is 0.368 e. The van der Waals surface area contributed by atoms with Crippen LogP contribution in [0.2, 0.25) is 0 Å². The predicted octanol–water partition coefficient (Wildman–Crippen LogP) is 5.42. The molecule has 0 amide bonds. The molecular weight excluding hydrogens is 439 g/mol. The van der Waals surface area contributed by atoms with E-state index in [0.29, 0.717) is 18.8 Å². The van der Waals surface area contributed by atoms with Gasteiger partial charge in [-0.15, -0.1) is 0 Å². The Bertz CT molecular complexity index is 686. The monoisotopic (exact) mass is 476 g/mol. The van der Waals surface area contributed by atoms with Crippen LogP contribution in [0.15, 0.2) is 23.0 Å². The maximum absolute atomic E-state index is 13.5. The minimum Gasteiger partial charge on any atom is -0.477 e. The van der Waals surface area contributed by atoms with Gasteiger partial charge in [0.15, 0.2) is 11.1 Å². The van der Waals surface area contributed by atoms with Crippen LogP contribution in [0.25, 0.3) is 0 Å². The van der Waals surface area contributed by atoms with Gasteiger partial charge in [0.25, 0.3) is 5.79 Å². The Kier molecular flexibility index (Phi) is 10.2. The van der Waals surface area contributed by atoms with Gasteiger partial charge in [0, 0.05) is 11.5 Å². The molecule has 2 aliphatic rings. The van der Waals surface area contributed by atoms with Crippen LogP contribution >= 0.6 is 11.6 Å². The molecule has 1 heterocycles. The number of carboxylic acid groups (broad SMARTS) is 1. The summed E-state index contributed by atoms with van der Waals surface area (Å²) >= 11 is 5.28. The van der Waals surface area contributed by atoms with Gasteiger partial charge in [-0.05, 0) is 58.3 Å². The molecular formula is C24H38ClFO6. The molecule has 0 bridgehead atoms. The summed E-state index contributed by atoms with van der Waals surface area (Å²) in [5.41, 5.74) is -0.716. The number of carboxylic acids is 1. The van der Waals surface area contributed by atoms with Gasteiger partial charge in [-0.2, -0.15) is 4.39 Å². The molecule has 3 N–H and O–H groups in total. The minimum atomic E-state index is -3.30. The van der Waals surface area contributed by atoms with Gasteiger partial charge in [0.1, 0.15) is 0 Å². The first-order valence-corrected chi connectivity index (χ1v) is 12.1. The van der Waals surface area contributed by atoms with E-state index in [2.05, 4.69) is 19.1 Å². The standard InChI is InChI=1S/C24H38ClFO6/c1-4-5-6-7-8-9-13-17-16(15-19-20(17)32-23(2,3)31-19)12-10-11-14-18(21(25)26)24(29,30)22(27)28/h9,13,16-17,19-20,29-30H,4-8,10-12,14-15H2,1-3H3,(H,27,28)/t16-,17+,19+,20-/m0/s1. The summed E-state index contributed by atoms with van der Waals surface area (Å²) < 4.78 is 25.8. The van der Waals surface area contributed by atoms with Crippen LogP contribution in [-0.2, 0) is 14.3 Å². The number of aliphatic hydroxyl groups is 2. The molecule has 4 atom stereocenters. The van der Waals surface area contributed by atoms with Gasteiger partial charge in [-0.3, -0.25) is 0 Å². The highest BCUT2D eigenvalue weighted by molar-refractivity contribution is 6.28. The number of hydrogen-bond acceptors (Lipinski definition) is 5. The lowest BCUT2D eigenvalue weighted by atomic mass is 9.88. The molecule has 0 aromatic rings. The van der Waals surface area contributed by atoms with E-state index in [0.717, 1.165) is 19.3 Å². The van der Waals surface area contributed by atoms with E-state index in [9.17, 15) is 19.4 Å². The maximum atomic E-state index is 13.5. The van der Waals surface area contributed by atoms with E-state index in [4.69, 9.17) is 26.2 Å². The number of allylic oxidation sites excluding steroid dienone is 1. The van der Waals surface area contributed by atoms with Crippen molar-refractivity contribution in [3.63, 3.8) is 0 Å². The van der Waals surface area contributed by atoms with Crippen molar-refractivity contribution in [3.8, 4) is 0 Å². The third-order valence-corrected chi connectivity index (χ3v) is 6.69. The highest BCUT2D eigenvalue weighted by Gasteiger charge is 2.52. The fraction of sp³-hybridized carbons (Fsp3) is 0.792. The summed E-state index contributed by atoms with van der Waals surface area (Å²) in [4.78, 5) is 11.0. The summed E-state index contributed by atoms with van der Waals surface area (Å²) in [7, 11) is 0. The van der Waals surface area contributed by atoms with Crippen LogP contribution in [0, 0.1) is 11.8 Å². The first-order chi connectivity index (χ1) is 15.0. The third-order valence-electron chi connectivity index (χ3n) is 6.46. The topological polar surface area (TPSA) is 96.2 Å². The van der Waals surface area contributed by atoms with Crippen molar-refractivity contribution in [2.45, 2.75) is 109 Å². The molecule has 2 rings (SSSR count). The van der Waals surface area contributed by atoms with Gasteiger partial charge < -0.3 is 24.8 Å². The molecule has 0 aromatic heterocycles. The number of hydrogen-bond donors (Lipinski definition) is 3. The fourth-order valence-corrected chi connectivity index (χ4v) is 5.08. The van der Waals surface area contributed by atoms with Crippen LogP contribution < -0.4 is 0 Å².